The van der Waals surface area contributed by atoms with E-state index < -0.39 is 17.0 Å². The first kappa shape index (κ1) is 19.7. The minimum Gasteiger partial charge on any atom is -0.465 e. The van der Waals surface area contributed by atoms with Crippen LogP contribution in [0.5, 0.6) is 0 Å². The lowest BCUT2D eigenvalue weighted by Crippen LogP contribution is -2.44. The highest BCUT2D eigenvalue weighted by molar-refractivity contribution is 6.18. The van der Waals surface area contributed by atoms with Gasteiger partial charge in [0.25, 0.3) is 0 Å². The molecule has 5 nitrogen and oxygen atoms in total. The third-order valence-electron chi connectivity index (χ3n) is 5.08. The summed E-state index contributed by atoms with van der Waals surface area (Å²) in [5.41, 5.74) is -1.55. The van der Waals surface area contributed by atoms with E-state index in [1.54, 1.807) is 33.8 Å². The van der Waals surface area contributed by atoms with Crippen molar-refractivity contribution >= 4 is 17.7 Å². The molecule has 5 heteroatoms. The molecule has 0 spiro atoms. The van der Waals surface area contributed by atoms with E-state index in [0.717, 1.165) is 32.1 Å². The van der Waals surface area contributed by atoms with Crippen LogP contribution in [0.3, 0.4) is 0 Å². The van der Waals surface area contributed by atoms with Crippen LogP contribution in [-0.2, 0) is 23.9 Å². The lowest BCUT2D eigenvalue weighted by molar-refractivity contribution is -0.158. The highest BCUT2D eigenvalue weighted by Crippen LogP contribution is 2.47. The Morgan fingerprint density at radius 2 is 1.84 bits per heavy atom. The number of Topliss-reactive ketones (excluding diaryl/α,β-unsaturated/α-hetero) is 1. The molecule has 1 saturated carbocycles. The van der Waals surface area contributed by atoms with E-state index in [0.29, 0.717) is 6.42 Å². The Morgan fingerprint density at radius 3 is 2.40 bits per heavy atom. The third kappa shape index (κ3) is 4.50. The summed E-state index contributed by atoms with van der Waals surface area (Å²) in [6.07, 6.45) is 7.32. The first-order chi connectivity index (χ1) is 11.7. The highest BCUT2D eigenvalue weighted by atomic mass is 16.6. The molecule has 0 aliphatic heterocycles. The molecule has 0 aromatic carbocycles. The van der Waals surface area contributed by atoms with Crippen LogP contribution in [0.4, 0.5) is 0 Å². The number of hydrogen-bond acceptors (Lipinski definition) is 5. The van der Waals surface area contributed by atoms with Crippen molar-refractivity contribution in [1.82, 2.24) is 0 Å². The van der Waals surface area contributed by atoms with Crippen molar-refractivity contribution in [2.45, 2.75) is 78.2 Å². The van der Waals surface area contributed by atoms with Crippen LogP contribution in [0.15, 0.2) is 11.6 Å². The van der Waals surface area contributed by atoms with E-state index in [4.69, 9.17) is 9.47 Å². The Kier molecular flexibility index (Phi) is 6.07. The van der Waals surface area contributed by atoms with Crippen molar-refractivity contribution in [3.8, 4) is 0 Å². The zero-order valence-corrected chi connectivity index (χ0v) is 15.9. The molecule has 0 aromatic rings. The first-order valence-electron chi connectivity index (χ1n) is 9.36. The summed E-state index contributed by atoms with van der Waals surface area (Å²) in [6, 6.07) is 0. The van der Waals surface area contributed by atoms with Crippen LogP contribution >= 0.6 is 0 Å². The molecule has 0 saturated heterocycles. The van der Waals surface area contributed by atoms with Crippen LogP contribution in [-0.4, -0.2) is 29.9 Å². The maximum absolute atomic E-state index is 12.8. The molecule has 0 N–H and O–H groups in total. The van der Waals surface area contributed by atoms with E-state index in [2.05, 4.69) is 0 Å². The quantitative estimate of drug-likeness (QED) is 0.570. The van der Waals surface area contributed by atoms with E-state index in [9.17, 15) is 14.4 Å². The van der Waals surface area contributed by atoms with Gasteiger partial charge >= 0.3 is 11.9 Å². The third-order valence-corrected chi connectivity index (χ3v) is 5.08. The summed E-state index contributed by atoms with van der Waals surface area (Å²) in [5.74, 6) is -1.08. The molecule has 140 valence electrons. The van der Waals surface area contributed by atoms with Crippen LogP contribution in [0.25, 0.3) is 0 Å². The van der Waals surface area contributed by atoms with Crippen LogP contribution in [0, 0.1) is 11.3 Å². The van der Waals surface area contributed by atoms with Gasteiger partial charge in [0.05, 0.1) is 17.6 Å². The largest absolute Gasteiger partial charge is 0.465 e. The number of carbonyl (C=O) groups excluding carboxylic acids is 3. The number of rotatable bonds is 4. The molecule has 2 rings (SSSR count). The lowest BCUT2D eigenvalue weighted by Gasteiger charge is -2.40. The van der Waals surface area contributed by atoms with Crippen LogP contribution < -0.4 is 0 Å². The highest BCUT2D eigenvalue weighted by Gasteiger charge is 2.49. The average Bonchev–Trinajstić information content (AvgIpc) is 2.55. The van der Waals surface area contributed by atoms with Gasteiger partial charge in [-0.15, -0.1) is 0 Å². The van der Waals surface area contributed by atoms with Crippen molar-refractivity contribution < 1.29 is 23.9 Å². The predicted molar refractivity (Wildman–Crippen MR) is 93.8 cm³/mol. The average molecular weight is 350 g/mol. The van der Waals surface area contributed by atoms with Gasteiger partial charge in [-0.05, 0) is 59.0 Å². The molecule has 2 aliphatic rings. The monoisotopic (exact) mass is 350 g/mol. The summed E-state index contributed by atoms with van der Waals surface area (Å²) >= 11 is 0. The van der Waals surface area contributed by atoms with Gasteiger partial charge in [0.2, 0.25) is 0 Å². The fourth-order valence-corrected chi connectivity index (χ4v) is 3.90. The fourth-order valence-electron chi connectivity index (χ4n) is 3.90. The fraction of sp³-hybridized carbons (Fsp3) is 0.750. The van der Waals surface area contributed by atoms with Crippen LogP contribution in [0.2, 0.25) is 0 Å². The van der Waals surface area contributed by atoms with Crippen molar-refractivity contribution in [1.29, 1.82) is 0 Å². The molecule has 1 unspecified atom stereocenters. The molecular formula is C20H30O5. The van der Waals surface area contributed by atoms with Gasteiger partial charge in [-0.2, -0.15) is 0 Å². The number of hydrogen-bond donors (Lipinski definition) is 0. The summed E-state index contributed by atoms with van der Waals surface area (Å²) in [7, 11) is 0. The normalized spacial score (nSPS) is 25.3. The minimum atomic E-state index is -0.878. The molecule has 1 fully saturated rings. The molecule has 2 aliphatic carbocycles. The van der Waals surface area contributed by atoms with Crippen molar-refractivity contribution in [2.24, 2.45) is 11.3 Å². The standard InChI is InChI=1S/C20H30O5/c1-5-24-18(23)20(14-9-7-6-8-10-14)12-11-16(21)15(13-20)17(22)25-19(2,3)4/h13-14H,5-12H2,1-4H3. The summed E-state index contributed by atoms with van der Waals surface area (Å²) in [5, 5.41) is 0. The number of carbonyl (C=O) groups is 3. The maximum atomic E-state index is 12.8. The molecule has 0 aromatic heterocycles. The van der Waals surface area contributed by atoms with Gasteiger partial charge in [0, 0.05) is 6.42 Å². The molecule has 25 heavy (non-hydrogen) atoms. The van der Waals surface area contributed by atoms with E-state index in [1.807, 2.05) is 0 Å². The summed E-state index contributed by atoms with van der Waals surface area (Å²) < 4.78 is 10.7. The molecule has 0 radical (unpaired) electrons. The van der Waals surface area contributed by atoms with Gasteiger partial charge in [0.15, 0.2) is 5.78 Å². The van der Waals surface area contributed by atoms with Crippen LogP contribution in [0.1, 0.15) is 72.6 Å². The van der Waals surface area contributed by atoms with Gasteiger partial charge in [-0.25, -0.2) is 4.79 Å². The molecule has 0 amide bonds. The van der Waals surface area contributed by atoms with Gasteiger partial charge in [-0.1, -0.05) is 19.3 Å². The number of esters is 2. The van der Waals surface area contributed by atoms with Crippen molar-refractivity contribution in [2.75, 3.05) is 6.61 Å². The van der Waals surface area contributed by atoms with Gasteiger partial charge < -0.3 is 9.47 Å². The maximum Gasteiger partial charge on any atom is 0.341 e. The Labute approximate surface area is 150 Å². The van der Waals surface area contributed by atoms with Gasteiger partial charge in [0.1, 0.15) is 5.60 Å². The Morgan fingerprint density at radius 1 is 1.20 bits per heavy atom. The summed E-state index contributed by atoms with van der Waals surface area (Å²) in [4.78, 5) is 37.7. The molecule has 0 heterocycles. The predicted octanol–water partition coefficient (Wildman–Crippen LogP) is 3.75. The first-order valence-corrected chi connectivity index (χ1v) is 9.36. The minimum absolute atomic E-state index is 0.0137. The number of ketones is 1. The smallest absolute Gasteiger partial charge is 0.341 e. The second kappa shape index (κ2) is 7.71. The summed E-state index contributed by atoms with van der Waals surface area (Å²) in [6.45, 7) is 7.35. The molecular weight excluding hydrogens is 320 g/mol. The zero-order chi connectivity index (χ0) is 18.7. The SMILES string of the molecule is CCOC(=O)C1(C2CCCCC2)C=C(C(=O)OC(C)(C)C)C(=O)CC1. The Balaban J connectivity index is 2.41. The molecule has 0 bridgehead atoms. The van der Waals surface area contributed by atoms with E-state index in [1.165, 1.54) is 0 Å². The van der Waals surface area contributed by atoms with Crippen molar-refractivity contribution in [3.05, 3.63) is 11.6 Å². The topological polar surface area (TPSA) is 69.7 Å². The lowest BCUT2D eigenvalue weighted by atomic mass is 9.63. The Hall–Kier alpha value is -1.65. The second-order valence-electron chi connectivity index (χ2n) is 8.08. The second-order valence-corrected chi connectivity index (χ2v) is 8.08. The van der Waals surface area contributed by atoms with Crippen molar-refractivity contribution in [3.63, 3.8) is 0 Å². The molecule has 1 atom stereocenters. The van der Waals surface area contributed by atoms with E-state index in [-0.39, 0.29) is 36.3 Å². The Bertz CT molecular complexity index is 563. The number of ether oxygens (including phenoxy) is 2. The zero-order valence-electron chi connectivity index (χ0n) is 15.9. The van der Waals surface area contributed by atoms with E-state index >= 15 is 0 Å². The van der Waals surface area contributed by atoms with Gasteiger partial charge in [-0.3, -0.25) is 9.59 Å².